The van der Waals surface area contributed by atoms with Crippen LogP contribution in [0.25, 0.3) is 33.2 Å². The van der Waals surface area contributed by atoms with E-state index in [9.17, 15) is 0 Å². The third kappa shape index (κ3) is 2.72. The van der Waals surface area contributed by atoms with Gasteiger partial charge in [0.2, 0.25) is 0 Å². The quantitative estimate of drug-likeness (QED) is 0.409. The normalized spacial score (nSPS) is 11.9. The molecule has 4 aromatic rings. The molecule has 0 amide bonds. The second-order valence-corrected chi connectivity index (χ2v) is 7.32. The molecular formula is C23H23NO. The Balaban J connectivity index is 1.92. The number of hydrogen-bond acceptors (Lipinski definition) is 2. The summed E-state index contributed by atoms with van der Waals surface area (Å²) in [5.41, 5.74) is 6.66. The Morgan fingerprint density at radius 1 is 0.840 bits per heavy atom. The summed E-state index contributed by atoms with van der Waals surface area (Å²) in [6.45, 7) is 8.82. The van der Waals surface area contributed by atoms with E-state index in [4.69, 9.17) is 4.42 Å². The van der Waals surface area contributed by atoms with Crippen LogP contribution in [0, 0.1) is 0 Å². The van der Waals surface area contributed by atoms with Gasteiger partial charge in [-0.3, -0.25) is 4.98 Å². The Kier molecular flexibility index (Phi) is 3.84. The minimum atomic E-state index is 0.438. The van der Waals surface area contributed by atoms with Crippen molar-refractivity contribution in [2.24, 2.45) is 0 Å². The van der Waals surface area contributed by atoms with Gasteiger partial charge in [-0.25, -0.2) is 0 Å². The molecule has 2 heterocycles. The highest BCUT2D eigenvalue weighted by atomic mass is 16.3. The van der Waals surface area contributed by atoms with Crippen LogP contribution in [0.1, 0.15) is 50.7 Å². The van der Waals surface area contributed by atoms with Crippen molar-refractivity contribution in [3.8, 4) is 11.3 Å². The molecule has 2 aromatic carbocycles. The van der Waals surface area contributed by atoms with E-state index in [0.29, 0.717) is 11.8 Å². The van der Waals surface area contributed by atoms with Crippen molar-refractivity contribution in [3.63, 3.8) is 0 Å². The molecule has 2 heteroatoms. The maximum Gasteiger partial charge on any atom is 0.138 e. The van der Waals surface area contributed by atoms with Crippen LogP contribution in [0.15, 0.2) is 59.1 Å². The van der Waals surface area contributed by atoms with E-state index >= 15 is 0 Å². The molecule has 0 unspecified atom stereocenters. The second kappa shape index (κ2) is 6.03. The minimum Gasteiger partial charge on any atom is -0.456 e. The van der Waals surface area contributed by atoms with Gasteiger partial charge in [-0.15, -0.1) is 0 Å². The Bertz CT molecular complexity index is 1060. The molecule has 0 aliphatic carbocycles. The van der Waals surface area contributed by atoms with Gasteiger partial charge in [-0.05, 0) is 53.3 Å². The Labute approximate surface area is 148 Å². The van der Waals surface area contributed by atoms with Crippen LogP contribution in [0.3, 0.4) is 0 Å². The molecule has 4 rings (SSSR count). The molecule has 0 aliphatic rings. The van der Waals surface area contributed by atoms with Crippen LogP contribution in [0.2, 0.25) is 0 Å². The Morgan fingerprint density at radius 3 is 2.44 bits per heavy atom. The molecule has 2 aromatic heterocycles. The average molecular weight is 329 g/mol. The highest BCUT2D eigenvalue weighted by molar-refractivity contribution is 6.07. The lowest BCUT2D eigenvalue weighted by molar-refractivity contribution is 0.657. The number of pyridine rings is 1. The van der Waals surface area contributed by atoms with Gasteiger partial charge < -0.3 is 4.42 Å². The fourth-order valence-corrected chi connectivity index (χ4v) is 3.40. The van der Waals surface area contributed by atoms with Gasteiger partial charge in [0, 0.05) is 22.5 Å². The largest absolute Gasteiger partial charge is 0.456 e. The molecule has 0 spiro atoms. The van der Waals surface area contributed by atoms with Crippen molar-refractivity contribution in [3.05, 3.63) is 65.9 Å². The van der Waals surface area contributed by atoms with Crippen LogP contribution in [-0.4, -0.2) is 4.98 Å². The van der Waals surface area contributed by atoms with E-state index in [-0.39, 0.29) is 0 Å². The summed E-state index contributed by atoms with van der Waals surface area (Å²) >= 11 is 0. The summed E-state index contributed by atoms with van der Waals surface area (Å²) in [5.74, 6) is 0.932. The standard InChI is InChI=1S/C23H23NO/c1-14(2)16-10-11-24-21(13-16)17-8-9-22-20(12-17)19-7-5-6-18(15(3)4)23(19)25-22/h5-15H,1-4H3. The summed E-state index contributed by atoms with van der Waals surface area (Å²) in [6, 6.07) is 17.1. The monoisotopic (exact) mass is 329 g/mol. The zero-order valence-electron chi connectivity index (χ0n) is 15.2. The van der Waals surface area contributed by atoms with Gasteiger partial charge in [0.05, 0.1) is 5.69 Å². The maximum atomic E-state index is 6.18. The molecule has 0 aliphatic heterocycles. The highest BCUT2D eigenvalue weighted by Crippen LogP contribution is 2.35. The Morgan fingerprint density at radius 2 is 1.68 bits per heavy atom. The summed E-state index contributed by atoms with van der Waals surface area (Å²) in [6.07, 6.45) is 1.90. The number of nitrogens with zero attached hydrogens (tertiary/aromatic N) is 1. The fraction of sp³-hybridized carbons (Fsp3) is 0.261. The fourth-order valence-electron chi connectivity index (χ4n) is 3.40. The molecule has 0 saturated carbocycles. The number of aromatic nitrogens is 1. The van der Waals surface area contributed by atoms with E-state index in [1.807, 2.05) is 6.20 Å². The number of fused-ring (bicyclic) bond motifs is 3. The predicted molar refractivity (Wildman–Crippen MR) is 105 cm³/mol. The van der Waals surface area contributed by atoms with Crippen molar-refractivity contribution in [2.45, 2.75) is 39.5 Å². The molecule has 0 N–H and O–H groups in total. The predicted octanol–water partition coefficient (Wildman–Crippen LogP) is 6.89. The van der Waals surface area contributed by atoms with Gasteiger partial charge in [0.25, 0.3) is 0 Å². The maximum absolute atomic E-state index is 6.18. The SMILES string of the molecule is CC(C)c1ccnc(-c2ccc3oc4c(C(C)C)cccc4c3c2)c1. The van der Waals surface area contributed by atoms with Crippen LogP contribution in [0.5, 0.6) is 0 Å². The molecule has 0 bridgehead atoms. The molecule has 2 nitrogen and oxygen atoms in total. The second-order valence-electron chi connectivity index (χ2n) is 7.32. The van der Waals surface area contributed by atoms with E-state index < -0.39 is 0 Å². The molecule has 0 radical (unpaired) electrons. The summed E-state index contributed by atoms with van der Waals surface area (Å²) in [4.78, 5) is 4.58. The topological polar surface area (TPSA) is 26.0 Å². The smallest absolute Gasteiger partial charge is 0.138 e. The summed E-state index contributed by atoms with van der Waals surface area (Å²) in [5, 5.41) is 2.34. The lowest BCUT2D eigenvalue weighted by atomic mass is 9.99. The zero-order chi connectivity index (χ0) is 17.6. The summed E-state index contributed by atoms with van der Waals surface area (Å²) in [7, 11) is 0. The molecule has 25 heavy (non-hydrogen) atoms. The van der Waals surface area contributed by atoms with E-state index in [2.05, 4.69) is 81.2 Å². The van der Waals surface area contributed by atoms with Gasteiger partial charge in [0.15, 0.2) is 0 Å². The first-order valence-corrected chi connectivity index (χ1v) is 8.96. The van der Waals surface area contributed by atoms with Gasteiger partial charge in [-0.2, -0.15) is 0 Å². The molecule has 126 valence electrons. The molecule has 0 fully saturated rings. The third-order valence-corrected chi connectivity index (χ3v) is 4.90. The Hall–Kier alpha value is -2.61. The number of para-hydroxylation sites is 1. The van der Waals surface area contributed by atoms with Gasteiger partial charge >= 0.3 is 0 Å². The third-order valence-electron chi connectivity index (χ3n) is 4.90. The molecular weight excluding hydrogens is 306 g/mol. The van der Waals surface area contributed by atoms with Crippen LogP contribution in [-0.2, 0) is 0 Å². The van der Waals surface area contributed by atoms with Crippen molar-refractivity contribution >= 4 is 21.9 Å². The van der Waals surface area contributed by atoms with Gasteiger partial charge in [-0.1, -0.05) is 45.9 Å². The number of hydrogen-bond donors (Lipinski definition) is 0. The first kappa shape index (κ1) is 15.9. The number of furan rings is 1. The van der Waals surface area contributed by atoms with Crippen molar-refractivity contribution < 1.29 is 4.42 Å². The highest BCUT2D eigenvalue weighted by Gasteiger charge is 2.14. The number of benzene rings is 2. The first-order valence-electron chi connectivity index (χ1n) is 8.96. The van der Waals surface area contributed by atoms with Crippen molar-refractivity contribution in [2.75, 3.05) is 0 Å². The lowest BCUT2D eigenvalue weighted by Crippen LogP contribution is -1.90. The van der Waals surface area contributed by atoms with Crippen LogP contribution >= 0.6 is 0 Å². The molecule has 0 atom stereocenters. The first-order chi connectivity index (χ1) is 12.0. The van der Waals surface area contributed by atoms with Gasteiger partial charge in [0.1, 0.15) is 11.2 Å². The van der Waals surface area contributed by atoms with E-state index in [1.165, 1.54) is 16.5 Å². The van der Waals surface area contributed by atoms with Crippen molar-refractivity contribution in [1.29, 1.82) is 0 Å². The number of rotatable bonds is 3. The zero-order valence-corrected chi connectivity index (χ0v) is 15.2. The minimum absolute atomic E-state index is 0.438. The van der Waals surface area contributed by atoms with E-state index in [0.717, 1.165) is 27.8 Å². The van der Waals surface area contributed by atoms with Crippen LogP contribution < -0.4 is 0 Å². The molecule has 0 saturated heterocycles. The van der Waals surface area contributed by atoms with E-state index in [1.54, 1.807) is 0 Å². The van der Waals surface area contributed by atoms with Crippen molar-refractivity contribution in [1.82, 2.24) is 4.98 Å². The summed E-state index contributed by atoms with van der Waals surface area (Å²) < 4.78 is 6.18. The van der Waals surface area contributed by atoms with Crippen LogP contribution in [0.4, 0.5) is 0 Å². The lowest BCUT2D eigenvalue weighted by Gasteiger charge is -2.07. The average Bonchev–Trinajstić information content (AvgIpc) is 2.99.